The minimum absolute atomic E-state index is 0.133. The highest BCUT2D eigenvalue weighted by Gasteiger charge is 2.21. The van der Waals surface area contributed by atoms with Crippen molar-refractivity contribution in [3.63, 3.8) is 0 Å². The lowest BCUT2D eigenvalue weighted by Gasteiger charge is -2.35. The Morgan fingerprint density at radius 2 is 1.65 bits per heavy atom. The third-order valence-corrected chi connectivity index (χ3v) is 3.09. The Balaban J connectivity index is 1.95. The van der Waals surface area contributed by atoms with Gasteiger partial charge in [-0.3, -0.25) is 4.90 Å². The lowest BCUT2D eigenvalue weighted by atomic mass is 10.1. The minimum atomic E-state index is -0.133. The van der Waals surface area contributed by atoms with Gasteiger partial charge in [0.05, 0.1) is 12.2 Å². The molecule has 1 saturated heterocycles. The molecule has 1 radical (unpaired) electrons. The van der Waals surface area contributed by atoms with E-state index in [1.807, 2.05) is 12.1 Å². The number of rotatable bonds is 3. The average molecular weight is 234 g/mol. The zero-order valence-corrected chi connectivity index (χ0v) is 10.6. The van der Waals surface area contributed by atoms with Gasteiger partial charge in [0.1, 0.15) is 6.61 Å². The van der Waals surface area contributed by atoms with Crippen LogP contribution in [-0.4, -0.2) is 30.2 Å². The van der Waals surface area contributed by atoms with Crippen LogP contribution in [0.15, 0.2) is 24.3 Å². The molecule has 0 spiro atoms. The van der Waals surface area contributed by atoms with Gasteiger partial charge in [-0.05, 0) is 25.0 Å². The lowest BCUT2D eigenvalue weighted by molar-refractivity contribution is -0.0704. The number of hydrogen-bond donors (Lipinski definition) is 0. The van der Waals surface area contributed by atoms with Crippen molar-refractivity contribution in [1.82, 2.24) is 4.90 Å². The zero-order chi connectivity index (χ0) is 12.3. The molecule has 1 aliphatic heterocycles. The van der Waals surface area contributed by atoms with Gasteiger partial charge in [0, 0.05) is 19.6 Å². The third kappa shape index (κ3) is 3.53. The number of ether oxygens (including phenoxy) is 1. The SMILES string of the molecule is C[C@@H]1CN(Cc2ccc(C[O])cc2)C[C@H](C)O1. The molecule has 2 atom stereocenters. The molecule has 3 nitrogen and oxygen atoms in total. The van der Waals surface area contributed by atoms with Crippen molar-refractivity contribution in [2.24, 2.45) is 0 Å². The maximum Gasteiger partial charge on any atom is 0.107 e. The highest BCUT2D eigenvalue weighted by Crippen LogP contribution is 2.14. The fraction of sp³-hybridized carbons (Fsp3) is 0.571. The summed E-state index contributed by atoms with van der Waals surface area (Å²) in [5.41, 5.74) is 2.13. The maximum absolute atomic E-state index is 10.7. The van der Waals surface area contributed by atoms with Crippen LogP contribution in [0.5, 0.6) is 0 Å². The van der Waals surface area contributed by atoms with Crippen LogP contribution in [0, 0.1) is 0 Å². The third-order valence-electron chi connectivity index (χ3n) is 3.09. The van der Waals surface area contributed by atoms with E-state index in [9.17, 15) is 5.11 Å². The molecule has 17 heavy (non-hydrogen) atoms. The Labute approximate surface area is 103 Å². The van der Waals surface area contributed by atoms with Crippen LogP contribution < -0.4 is 0 Å². The monoisotopic (exact) mass is 234 g/mol. The van der Waals surface area contributed by atoms with Gasteiger partial charge < -0.3 is 4.74 Å². The van der Waals surface area contributed by atoms with Crippen molar-refractivity contribution >= 4 is 0 Å². The van der Waals surface area contributed by atoms with Crippen molar-refractivity contribution in [3.8, 4) is 0 Å². The summed E-state index contributed by atoms with van der Waals surface area (Å²) >= 11 is 0. The first-order valence-corrected chi connectivity index (χ1v) is 6.21. The Morgan fingerprint density at radius 1 is 1.12 bits per heavy atom. The quantitative estimate of drug-likeness (QED) is 0.803. The van der Waals surface area contributed by atoms with E-state index >= 15 is 0 Å². The maximum atomic E-state index is 10.7. The van der Waals surface area contributed by atoms with Crippen molar-refractivity contribution in [1.29, 1.82) is 0 Å². The van der Waals surface area contributed by atoms with Crippen LogP contribution in [0.25, 0.3) is 0 Å². The second-order valence-corrected chi connectivity index (χ2v) is 4.91. The van der Waals surface area contributed by atoms with Gasteiger partial charge >= 0.3 is 0 Å². The van der Waals surface area contributed by atoms with Crippen LogP contribution in [0.4, 0.5) is 0 Å². The molecular weight excluding hydrogens is 214 g/mol. The zero-order valence-electron chi connectivity index (χ0n) is 10.6. The van der Waals surface area contributed by atoms with E-state index < -0.39 is 0 Å². The number of benzene rings is 1. The topological polar surface area (TPSA) is 32.4 Å². The standard InChI is InChI=1S/C14H20NO2/c1-11-7-15(8-12(2)17-11)9-13-3-5-14(10-16)6-4-13/h3-6,11-12H,7-10H2,1-2H3/t11-,12+. The second-order valence-electron chi connectivity index (χ2n) is 4.91. The van der Waals surface area contributed by atoms with E-state index in [-0.39, 0.29) is 6.61 Å². The minimum Gasteiger partial charge on any atom is -0.373 e. The Bertz CT molecular complexity index is 340. The smallest absolute Gasteiger partial charge is 0.107 e. The summed E-state index contributed by atoms with van der Waals surface area (Å²) in [6, 6.07) is 7.96. The van der Waals surface area contributed by atoms with Crippen LogP contribution in [0.2, 0.25) is 0 Å². The molecule has 1 aliphatic rings. The average Bonchev–Trinajstić information content (AvgIpc) is 2.28. The predicted molar refractivity (Wildman–Crippen MR) is 66.1 cm³/mol. The van der Waals surface area contributed by atoms with Crippen molar-refractivity contribution in [2.75, 3.05) is 13.1 Å². The van der Waals surface area contributed by atoms with Crippen molar-refractivity contribution in [3.05, 3.63) is 35.4 Å². The summed E-state index contributed by atoms with van der Waals surface area (Å²) in [4.78, 5) is 2.41. The largest absolute Gasteiger partial charge is 0.373 e. The summed E-state index contributed by atoms with van der Waals surface area (Å²) < 4.78 is 5.71. The Kier molecular flexibility index (Phi) is 4.15. The lowest BCUT2D eigenvalue weighted by Crippen LogP contribution is -2.44. The van der Waals surface area contributed by atoms with Crippen LogP contribution in [0.1, 0.15) is 25.0 Å². The molecule has 0 unspecified atom stereocenters. The van der Waals surface area contributed by atoms with Crippen LogP contribution in [-0.2, 0) is 23.0 Å². The van der Waals surface area contributed by atoms with Gasteiger partial charge in [-0.2, -0.15) is 0 Å². The predicted octanol–water partition coefficient (Wildman–Crippen LogP) is 2.23. The van der Waals surface area contributed by atoms with E-state index in [1.165, 1.54) is 5.56 Å². The normalized spacial score (nSPS) is 26.1. The van der Waals surface area contributed by atoms with E-state index in [1.54, 1.807) is 0 Å². The van der Waals surface area contributed by atoms with Crippen molar-refractivity contribution in [2.45, 2.75) is 39.2 Å². The van der Waals surface area contributed by atoms with E-state index in [0.717, 1.165) is 25.2 Å². The van der Waals surface area contributed by atoms with Crippen LogP contribution >= 0.6 is 0 Å². The molecule has 0 amide bonds. The molecule has 1 aromatic rings. The molecule has 0 aliphatic carbocycles. The fourth-order valence-electron chi connectivity index (χ4n) is 2.41. The molecule has 1 heterocycles. The second kappa shape index (κ2) is 5.63. The Hall–Kier alpha value is -0.900. The summed E-state index contributed by atoms with van der Waals surface area (Å²) in [7, 11) is 0. The van der Waals surface area contributed by atoms with Gasteiger partial charge in [0.15, 0.2) is 0 Å². The molecule has 2 rings (SSSR count). The summed E-state index contributed by atoms with van der Waals surface area (Å²) in [6.07, 6.45) is 0.610. The molecule has 3 heteroatoms. The molecule has 0 bridgehead atoms. The molecular formula is C14H20NO2. The first-order valence-electron chi connectivity index (χ1n) is 6.21. The fourth-order valence-corrected chi connectivity index (χ4v) is 2.41. The van der Waals surface area contributed by atoms with E-state index in [4.69, 9.17) is 4.74 Å². The first-order chi connectivity index (χ1) is 8.17. The summed E-state index contributed by atoms with van der Waals surface area (Å²) in [5, 5.41) is 10.7. The summed E-state index contributed by atoms with van der Waals surface area (Å²) in [6.45, 7) is 7.00. The highest BCUT2D eigenvalue weighted by molar-refractivity contribution is 5.21. The number of morpholine rings is 1. The summed E-state index contributed by atoms with van der Waals surface area (Å²) in [5.74, 6) is 0. The van der Waals surface area contributed by atoms with Crippen molar-refractivity contribution < 1.29 is 9.84 Å². The number of hydrogen-bond acceptors (Lipinski definition) is 2. The first kappa shape index (κ1) is 12.6. The van der Waals surface area contributed by atoms with Crippen LogP contribution in [0.3, 0.4) is 0 Å². The van der Waals surface area contributed by atoms with E-state index in [2.05, 4.69) is 30.9 Å². The highest BCUT2D eigenvalue weighted by atomic mass is 16.5. The van der Waals surface area contributed by atoms with Gasteiger partial charge in [0.2, 0.25) is 0 Å². The molecule has 0 N–H and O–H groups in total. The van der Waals surface area contributed by atoms with Gasteiger partial charge in [-0.25, -0.2) is 5.11 Å². The molecule has 1 fully saturated rings. The Morgan fingerprint density at radius 3 is 2.18 bits per heavy atom. The molecule has 93 valence electrons. The van der Waals surface area contributed by atoms with Gasteiger partial charge in [-0.1, -0.05) is 24.3 Å². The van der Waals surface area contributed by atoms with Gasteiger partial charge in [-0.15, -0.1) is 0 Å². The molecule has 0 aromatic heterocycles. The number of nitrogens with zero attached hydrogens (tertiary/aromatic N) is 1. The van der Waals surface area contributed by atoms with Gasteiger partial charge in [0.25, 0.3) is 0 Å². The molecule has 0 saturated carbocycles. The molecule has 1 aromatic carbocycles. The van der Waals surface area contributed by atoms with E-state index in [0.29, 0.717) is 12.2 Å².